The van der Waals surface area contributed by atoms with Gasteiger partial charge in [-0.05, 0) is 35.4 Å². The van der Waals surface area contributed by atoms with Gasteiger partial charge in [0.25, 0.3) is 0 Å². The summed E-state index contributed by atoms with van der Waals surface area (Å²) in [7, 11) is 0. The van der Waals surface area contributed by atoms with Crippen LogP contribution in [0.4, 0.5) is 5.82 Å². The first kappa shape index (κ1) is 10.1. The maximum absolute atomic E-state index is 9.54. The van der Waals surface area contributed by atoms with Crippen LogP contribution in [0.5, 0.6) is 0 Å². The number of halogens is 1. The molecular weight excluding hydrogens is 293 g/mol. The van der Waals surface area contributed by atoms with E-state index in [9.17, 15) is 5.11 Å². The number of piperidine rings is 1. The minimum absolute atomic E-state index is 0.213. The van der Waals surface area contributed by atoms with Crippen LogP contribution in [0.2, 0.25) is 0 Å². The molecule has 1 fully saturated rings. The molecule has 1 aromatic heterocycles. The molecule has 76 valence electrons. The van der Waals surface area contributed by atoms with E-state index in [0.29, 0.717) is 6.54 Å². The predicted octanol–water partition coefficient (Wildman–Crippen LogP) is 1.04. The number of aliphatic hydroxyl groups excluding tert-OH is 1. The fourth-order valence-corrected chi connectivity index (χ4v) is 2.33. The molecule has 1 aliphatic rings. The molecule has 1 aliphatic heterocycles. The Kier molecular flexibility index (Phi) is 3.17. The summed E-state index contributed by atoms with van der Waals surface area (Å²) in [6, 6.07) is 0. The van der Waals surface area contributed by atoms with Crippen molar-refractivity contribution in [1.82, 2.24) is 9.97 Å². The molecule has 4 nitrogen and oxygen atoms in total. The van der Waals surface area contributed by atoms with Crippen molar-refractivity contribution in [3.63, 3.8) is 0 Å². The van der Waals surface area contributed by atoms with Gasteiger partial charge >= 0.3 is 0 Å². The van der Waals surface area contributed by atoms with E-state index in [2.05, 4.69) is 37.5 Å². The number of β-amino-alcohol motifs (C(OH)–C–C–N with tert-alkyl or cyclic N) is 1. The molecule has 2 heterocycles. The number of anilines is 1. The van der Waals surface area contributed by atoms with Gasteiger partial charge in [0.2, 0.25) is 0 Å². The van der Waals surface area contributed by atoms with E-state index in [0.717, 1.165) is 28.8 Å². The third kappa shape index (κ3) is 2.14. The van der Waals surface area contributed by atoms with Crippen LogP contribution in [0.1, 0.15) is 12.8 Å². The fraction of sp³-hybridized carbons (Fsp3) is 0.556. The lowest BCUT2D eigenvalue weighted by molar-refractivity contribution is 0.154. The summed E-state index contributed by atoms with van der Waals surface area (Å²) < 4.78 is 1.04. The predicted molar refractivity (Wildman–Crippen MR) is 62.2 cm³/mol. The highest BCUT2D eigenvalue weighted by atomic mass is 127. The summed E-state index contributed by atoms with van der Waals surface area (Å²) in [5, 5.41) is 9.54. The maximum Gasteiger partial charge on any atom is 0.145 e. The van der Waals surface area contributed by atoms with Crippen molar-refractivity contribution in [2.45, 2.75) is 18.9 Å². The number of hydrogen-bond acceptors (Lipinski definition) is 4. The number of aliphatic hydroxyl groups is 1. The summed E-state index contributed by atoms with van der Waals surface area (Å²) in [6.07, 6.45) is 5.07. The smallest absolute Gasteiger partial charge is 0.145 e. The van der Waals surface area contributed by atoms with Crippen LogP contribution in [0.15, 0.2) is 12.5 Å². The molecule has 14 heavy (non-hydrogen) atoms. The van der Waals surface area contributed by atoms with Crippen molar-refractivity contribution in [2.75, 3.05) is 18.0 Å². The molecular formula is C9H12IN3O. The van der Waals surface area contributed by atoms with Crippen LogP contribution < -0.4 is 4.90 Å². The summed E-state index contributed by atoms with van der Waals surface area (Å²) in [5.74, 6) is 0.944. The molecule has 0 spiro atoms. The zero-order valence-corrected chi connectivity index (χ0v) is 9.88. The van der Waals surface area contributed by atoms with E-state index in [1.54, 1.807) is 12.5 Å². The Bertz CT molecular complexity index is 321. The Balaban J connectivity index is 2.18. The SMILES string of the molecule is O[C@H]1CCCN(c2ncncc2I)C1. The summed E-state index contributed by atoms with van der Waals surface area (Å²) in [4.78, 5) is 10.3. The maximum atomic E-state index is 9.54. The van der Waals surface area contributed by atoms with Crippen LogP contribution >= 0.6 is 22.6 Å². The Morgan fingerprint density at radius 3 is 3.14 bits per heavy atom. The lowest BCUT2D eigenvalue weighted by Crippen LogP contribution is -2.39. The van der Waals surface area contributed by atoms with Gasteiger partial charge in [-0.15, -0.1) is 0 Å². The van der Waals surface area contributed by atoms with Gasteiger partial charge in [-0.2, -0.15) is 0 Å². The molecule has 1 N–H and O–H groups in total. The average molecular weight is 305 g/mol. The molecule has 2 rings (SSSR count). The highest BCUT2D eigenvalue weighted by molar-refractivity contribution is 14.1. The van der Waals surface area contributed by atoms with Gasteiger partial charge in [0.1, 0.15) is 12.1 Å². The van der Waals surface area contributed by atoms with Crippen molar-refractivity contribution in [1.29, 1.82) is 0 Å². The Labute approximate surface area is 96.5 Å². The average Bonchev–Trinajstić information content (AvgIpc) is 2.18. The highest BCUT2D eigenvalue weighted by Crippen LogP contribution is 2.21. The quantitative estimate of drug-likeness (QED) is 0.788. The normalized spacial score (nSPS) is 22.4. The summed E-state index contributed by atoms with van der Waals surface area (Å²) in [6.45, 7) is 1.66. The Morgan fingerprint density at radius 1 is 1.57 bits per heavy atom. The Hall–Kier alpha value is -0.430. The minimum Gasteiger partial charge on any atom is -0.391 e. The van der Waals surface area contributed by atoms with Crippen molar-refractivity contribution < 1.29 is 5.11 Å². The van der Waals surface area contributed by atoms with Crippen LogP contribution in [0.3, 0.4) is 0 Å². The van der Waals surface area contributed by atoms with E-state index < -0.39 is 0 Å². The number of nitrogens with zero attached hydrogens (tertiary/aromatic N) is 3. The van der Waals surface area contributed by atoms with Crippen LogP contribution in [-0.4, -0.2) is 34.3 Å². The molecule has 1 atom stereocenters. The van der Waals surface area contributed by atoms with Crippen LogP contribution in [0, 0.1) is 3.57 Å². The standard InChI is InChI=1S/C9H12IN3O/c10-8-4-11-6-12-9(8)13-3-1-2-7(14)5-13/h4,6-7,14H,1-3,5H2/t7-/m0/s1. The molecule has 5 heteroatoms. The third-order valence-electron chi connectivity index (χ3n) is 2.34. The van der Waals surface area contributed by atoms with Crippen molar-refractivity contribution >= 4 is 28.4 Å². The van der Waals surface area contributed by atoms with Gasteiger partial charge in [-0.3, -0.25) is 0 Å². The molecule has 0 bridgehead atoms. The molecule has 0 unspecified atom stereocenters. The van der Waals surface area contributed by atoms with Gasteiger partial charge < -0.3 is 10.0 Å². The van der Waals surface area contributed by atoms with Gasteiger partial charge in [0.15, 0.2) is 0 Å². The largest absolute Gasteiger partial charge is 0.391 e. The molecule has 0 amide bonds. The van der Waals surface area contributed by atoms with Gasteiger partial charge in [0, 0.05) is 19.3 Å². The van der Waals surface area contributed by atoms with E-state index in [-0.39, 0.29) is 6.10 Å². The van der Waals surface area contributed by atoms with Crippen molar-refractivity contribution in [2.24, 2.45) is 0 Å². The Morgan fingerprint density at radius 2 is 2.43 bits per heavy atom. The summed E-state index contributed by atoms with van der Waals surface area (Å²) in [5.41, 5.74) is 0. The van der Waals surface area contributed by atoms with Gasteiger partial charge in [0.05, 0.1) is 9.67 Å². The lowest BCUT2D eigenvalue weighted by atomic mass is 10.1. The first-order chi connectivity index (χ1) is 6.77. The topological polar surface area (TPSA) is 49.2 Å². The molecule has 0 radical (unpaired) electrons. The highest BCUT2D eigenvalue weighted by Gasteiger charge is 2.20. The zero-order valence-electron chi connectivity index (χ0n) is 7.73. The van der Waals surface area contributed by atoms with E-state index in [1.165, 1.54) is 0 Å². The van der Waals surface area contributed by atoms with Crippen LogP contribution in [0.25, 0.3) is 0 Å². The minimum atomic E-state index is -0.213. The fourth-order valence-electron chi connectivity index (χ4n) is 1.69. The second kappa shape index (κ2) is 4.39. The van der Waals surface area contributed by atoms with E-state index in [1.807, 2.05) is 0 Å². The third-order valence-corrected chi connectivity index (χ3v) is 3.11. The van der Waals surface area contributed by atoms with Crippen molar-refractivity contribution in [3.05, 3.63) is 16.1 Å². The van der Waals surface area contributed by atoms with Crippen molar-refractivity contribution in [3.8, 4) is 0 Å². The van der Waals surface area contributed by atoms with Crippen LogP contribution in [-0.2, 0) is 0 Å². The molecule has 1 aromatic rings. The lowest BCUT2D eigenvalue weighted by Gasteiger charge is -2.31. The first-order valence-electron chi connectivity index (χ1n) is 4.66. The molecule has 0 saturated carbocycles. The summed E-state index contributed by atoms with van der Waals surface area (Å²) >= 11 is 2.22. The molecule has 0 aromatic carbocycles. The number of hydrogen-bond donors (Lipinski definition) is 1. The second-order valence-corrected chi connectivity index (χ2v) is 4.60. The zero-order chi connectivity index (χ0) is 9.97. The van der Waals surface area contributed by atoms with E-state index in [4.69, 9.17) is 0 Å². The van der Waals surface area contributed by atoms with E-state index >= 15 is 0 Å². The molecule has 1 saturated heterocycles. The van der Waals surface area contributed by atoms with Gasteiger partial charge in [-0.25, -0.2) is 9.97 Å². The number of rotatable bonds is 1. The second-order valence-electron chi connectivity index (χ2n) is 3.44. The van der Waals surface area contributed by atoms with Gasteiger partial charge in [-0.1, -0.05) is 0 Å². The molecule has 0 aliphatic carbocycles. The first-order valence-corrected chi connectivity index (χ1v) is 5.74. The number of aromatic nitrogens is 2. The monoisotopic (exact) mass is 305 g/mol.